The summed E-state index contributed by atoms with van der Waals surface area (Å²) in [4.78, 5) is 11.4. The van der Waals surface area contributed by atoms with Crippen LogP contribution in [0.2, 0.25) is 0 Å². The normalized spacial score (nSPS) is 17.3. The summed E-state index contributed by atoms with van der Waals surface area (Å²) in [6.45, 7) is 7.62. The first-order valence-electron chi connectivity index (χ1n) is 8.06. The molecule has 0 bridgehead atoms. The lowest BCUT2D eigenvalue weighted by molar-refractivity contribution is -0.140. The van der Waals surface area contributed by atoms with E-state index in [0.717, 1.165) is 6.07 Å². The standard InChI is InChI=1S/C18H24F3NO3S/c1-6-25-16(23)14(20)11-15(21)18(5,22-26(24)17(2,3)4)12-9-7-8-10-13(12)19/h7-11,15,22H,6H2,1-5H3/b14-11-/t15-,18?,26?/m0/s1. The molecular weight excluding hydrogens is 367 g/mol. The van der Waals surface area contributed by atoms with Gasteiger partial charge in [0.15, 0.2) is 0 Å². The van der Waals surface area contributed by atoms with E-state index in [1.165, 1.54) is 32.0 Å². The summed E-state index contributed by atoms with van der Waals surface area (Å²) in [6.07, 6.45) is -1.80. The van der Waals surface area contributed by atoms with Crippen molar-refractivity contribution in [1.29, 1.82) is 0 Å². The zero-order valence-corrected chi connectivity index (χ0v) is 16.3. The molecule has 26 heavy (non-hydrogen) atoms. The van der Waals surface area contributed by atoms with Gasteiger partial charge in [-0.25, -0.2) is 13.6 Å². The molecule has 1 aromatic rings. The van der Waals surface area contributed by atoms with Crippen LogP contribution in [-0.4, -0.2) is 28.0 Å². The molecule has 0 radical (unpaired) electrons. The van der Waals surface area contributed by atoms with Gasteiger partial charge in [0.1, 0.15) is 22.3 Å². The van der Waals surface area contributed by atoms with Crippen molar-refractivity contribution in [3.63, 3.8) is 0 Å². The number of ether oxygens (including phenoxy) is 1. The highest BCUT2D eigenvalue weighted by Crippen LogP contribution is 2.33. The minimum atomic E-state index is -2.20. The van der Waals surface area contributed by atoms with Gasteiger partial charge in [-0.05, 0) is 46.8 Å². The number of carbonyl (C=O) groups excluding carboxylic acids is 1. The first-order chi connectivity index (χ1) is 11.9. The molecule has 0 aromatic heterocycles. The Morgan fingerprint density at radius 1 is 1.35 bits per heavy atom. The highest BCUT2D eigenvalue weighted by Gasteiger charge is 2.44. The van der Waals surface area contributed by atoms with Crippen molar-refractivity contribution >= 4 is 17.3 Å². The molecule has 0 aliphatic heterocycles. The van der Waals surface area contributed by atoms with Gasteiger partial charge in [0.2, 0.25) is 5.83 Å². The quantitative estimate of drug-likeness (QED) is 0.436. The average molecular weight is 391 g/mol. The van der Waals surface area contributed by atoms with Crippen LogP contribution in [0.15, 0.2) is 36.2 Å². The molecule has 2 unspecified atom stereocenters. The van der Waals surface area contributed by atoms with Gasteiger partial charge in [-0.3, -0.25) is 0 Å². The van der Waals surface area contributed by atoms with Gasteiger partial charge in [-0.1, -0.05) is 18.2 Å². The summed E-state index contributed by atoms with van der Waals surface area (Å²) in [7, 11) is 0. The Balaban J connectivity index is 3.34. The molecule has 0 spiro atoms. The maximum absolute atomic E-state index is 15.0. The van der Waals surface area contributed by atoms with Gasteiger partial charge >= 0.3 is 5.97 Å². The lowest BCUT2D eigenvalue weighted by Crippen LogP contribution is -2.54. The van der Waals surface area contributed by atoms with Crippen molar-refractivity contribution < 1.29 is 27.3 Å². The number of carbonyl (C=O) groups is 1. The van der Waals surface area contributed by atoms with Crippen LogP contribution in [0.3, 0.4) is 0 Å². The smallest absolute Gasteiger partial charge is 0.366 e. The molecule has 146 valence electrons. The summed E-state index contributed by atoms with van der Waals surface area (Å²) in [5.74, 6) is -3.51. The highest BCUT2D eigenvalue weighted by molar-refractivity contribution is 7.90. The first-order valence-corrected chi connectivity index (χ1v) is 9.21. The minimum absolute atomic E-state index is 0.0755. The van der Waals surface area contributed by atoms with Gasteiger partial charge in [0.25, 0.3) is 0 Å². The molecule has 3 atom stereocenters. The van der Waals surface area contributed by atoms with E-state index in [1.807, 2.05) is 0 Å². The van der Waals surface area contributed by atoms with Crippen LogP contribution < -0.4 is 4.72 Å². The summed E-state index contributed by atoms with van der Waals surface area (Å²) in [5, 5.41) is 0. The number of benzene rings is 1. The summed E-state index contributed by atoms with van der Waals surface area (Å²) in [5.41, 5.74) is -2.02. The predicted octanol–water partition coefficient (Wildman–Crippen LogP) is 3.85. The van der Waals surface area contributed by atoms with Crippen molar-refractivity contribution in [2.24, 2.45) is 0 Å². The van der Waals surface area contributed by atoms with Crippen LogP contribution in [0.4, 0.5) is 13.2 Å². The highest BCUT2D eigenvalue weighted by atomic mass is 32.2. The molecule has 0 aliphatic carbocycles. The van der Waals surface area contributed by atoms with Crippen LogP contribution in [0.25, 0.3) is 0 Å². The van der Waals surface area contributed by atoms with Gasteiger partial charge < -0.3 is 9.29 Å². The molecule has 0 saturated carbocycles. The molecule has 0 fully saturated rings. The molecule has 0 heterocycles. The SMILES string of the molecule is CCOC(=O)/C(F)=C/[C@H](F)C(C)(N[S+]([O-])C(C)(C)C)c1ccccc1F. The fourth-order valence-electron chi connectivity index (χ4n) is 2.05. The van der Waals surface area contributed by atoms with Crippen LogP contribution in [0.5, 0.6) is 0 Å². The van der Waals surface area contributed by atoms with E-state index in [-0.39, 0.29) is 12.2 Å². The van der Waals surface area contributed by atoms with Crippen LogP contribution in [0.1, 0.15) is 40.2 Å². The Hall–Kier alpha value is -1.51. The van der Waals surface area contributed by atoms with E-state index in [1.54, 1.807) is 20.8 Å². The third-order valence-corrected chi connectivity index (χ3v) is 5.33. The second-order valence-electron chi connectivity index (χ2n) is 6.80. The van der Waals surface area contributed by atoms with Crippen LogP contribution >= 0.6 is 0 Å². The average Bonchev–Trinajstić information content (AvgIpc) is 2.54. The van der Waals surface area contributed by atoms with E-state index in [4.69, 9.17) is 0 Å². The zero-order chi connectivity index (χ0) is 20.1. The Labute approximate surface area is 155 Å². The molecule has 4 nitrogen and oxygen atoms in total. The molecule has 8 heteroatoms. The fraction of sp³-hybridized carbons (Fsp3) is 0.500. The number of halogens is 3. The number of esters is 1. The van der Waals surface area contributed by atoms with E-state index >= 15 is 4.39 Å². The Morgan fingerprint density at radius 2 is 1.92 bits per heavy atom. The zero-order valence-electron chi connectivity index (χ0n) is 15.4. The molecule has 1 rings (SSSR count). The third-order valence-electron chi connectivity index (χ3n) is 3.61. The monoisotopic (exact) mass is 391 g/mol. The maximum Gasteiger partial charge on any atom is 0.366 e. The summed E-state index contributed by atoms with van der Waals surface area (Å²) in [6, 6.07) is 5.33. The van der Waals surface area contributed by atoms with E-state index in [9.17, 15) is 18.1 Å². The number of nitrogens with one attached hydrogen (secondary N) is 1. The number of hydrogen-bond donors (Lipinski definition) is 1. The fourth-order valence-corrected chi connectivity index (χ4v) is 2.96. The first kappa shape index (κ1) is 22.5. The summed E-state index contributed by atoms with van der Waals surface area (Å²) < 4.78 is 62.0. The molecule has 1 aromatic carbocycles. The second-order valence-corrected chi connectivity index (χ2v) is 8.77. The maximum atomic E-state index is 15.0. The van der Waals surface area contributed by atoms with Crippen molar-refractivity contribution in [2.75, 3.05) is 6.61 Å². The molecule has 0 aliphatic rings. The largest absolute Gasteiger partial charge is 0.598 e. The Kier molecular flexibility index (Phi) is 7.73. The van der Waals surface area contributed by atoms with Gasteiger partial charge in [0, 0.05) is 16.9 Å². The second kappa shape index (κ2) is 8.92. The number of hydrogen-bond acceptors (Lipinski definition) is 4. The van der Waals surface area contributed by atoms with Crippen molar-refractivity contribution in [3.05, 3.63) is 47.5 Å². The van der Waals surface area contributed by atoms with Crippen LogP contribution in [-0.2, 0) is 26.4 Å². The van der Waals surface area contributed by atoms with Gasteiger partial charge in [-0.15, -0.1) is 4.72 Å². The lowest BCUT2D eigenvalue weighted by Gasteiger charge is -2.36. The number of rotatable bonds is 7. The van der Waals surface area contributed by atoms with E-state index < -0.39 is 45.4 Å². The molecule has 0 amide bonds. The van der Waals surface area contributed by atoms with Crippen LogP contribution in [0, 0.1) is 5.82 Å². The Morgan fingerprint density at radius 3 is 2.42 bits per heavy atom. The van der Waals surface area contributed by atoms with Gasteiger partial charge in [-0.2, -0.15) is 4.39 Å². The van der Waals surface area contributed by atoms with Crippen molar-refractivity contribution in [2.45, 2.75) is 51.1 Å². The van der Waals surface area contributed by atoms with Crippen molar-refractivity contribution in [3.8, 4) is 0 Å². The minimum Gasteiger partial charge on any atom is -0.598 e. The lowest BCUT2D eigenvalue weighted by atomic mass is 9.87. The Bertz CT molecular complexity index is 663. The summed E-state index contributed by atoms with van der Waals surface area (Å²) >= 11 is -1.79. The predicted molar refractivity (Wildman–Crippen MR) is 95.5 cm³/mol. The van der Waals surface area contributed by atoms with Crippen molar-refractivity contribution in [1.82, 2.24) is 4.72 Å². The van der Waals surface area contributed by atoms with E-state index in [0.29, 0.717) is 6.08 Å². The van der Waals surface area contributed by atoms with Gasteiger partial charge in [0.05, 0.1) is 6.61 Å². The molecule has 1 N–H and O–H groups in total. The topological polar surface area (TPSA) is 61.4 Å². The molecule has 0 saturated heterocycles. The third kappa shape index (κ3) is 5.49. The molecular formula is C18H24F3NO3S. The number of alkyl halides is 1. The van der Waals surface area contributed by atoms with E-state index in [2.05, 4.69) is 9.46 Å².